The Labute approximate surface area is 164 Å². The summed E-state index contributed by atoms with van der Waals surface area (Å²) in [6.07, 6.45) is 1.37. The van der Waals surface area contributed by atoms with Gasteiger partial charge in [0.15, 0.2) is 0 Å². The van der Waals surface area contributed by atoms with Crippen LogP contribution in [0.1, 0.15) is 37.6 Å². The van der Waals surface area contributed by atoms with Gasteiger partial charge in [-0.1, -0.05) is 26.0 Å². The highest BCUT2D eigenvalue weighted by atomic mass is 32.2. The minimum absolute atomic E-state index is 0.0194. The Morgan fingerprint density at radius 3 is 2.48 bits per heavy atom. The van der Waals surface area contributed by atoms with Crippen LogP contribution in [-0.2, 0) is 9.59 Å². The number of halogens is 1. The molecule has 2 saturated heterocycles. The number of hydrogen-bond donors (Lipinski definition) is 1. The SMILES string of the molecule is CCC(=O)N1CC[NH+](CCN2C(=O)[C@H](CC)S[C@@H]2c2ccc(F)cc2)CC1. The molecule has 2 aliphatic rings. The summed E-state index contributed by atoms with van der Waals surface area (Å²) in [5.74, 6) is 0.161. The number of quaternary nitrogens is 1. The smallest absolute Gasteiger partial charge is 0.237 e. The third-order valence-electron chi connectivity index (χ3n) is 5.49. The van der Waals surface area contributed by atoms with E-state index in [4.69, 9.17) is 0 Å². The fraction of sp³-hybridized carbons (Fsp3) is 0.600. The summed E-state index contributed by atoms with van der Waals surface area (Å²) in [6, 6.07) is 6.50. The topological polar surface area (TPSA) is 45.1 Å². The van der Waals surface area contributed by atoms with Crippen LogP contribution in [0.2, 0.25) is 0 Å². The second-order valence-electron chi connectivity index (χ2n) is 7.20. The Hall–Kier alpha value is -1.60. The molecule has 1 N–H and O–H groups in total. The van der Waals surface area contributed by atoms with Crippen molar-refractivity contribution in [3.8, 4) is 0 Å². The first-order valence-corrected chi connectivity index (χ1v) is 10.8. The zero-order valence-corrected chi connectivity index (χ0v) is 16.9. The Bertz CT molecular complexity index is 662. The van der Waals surface area contributed by atoms with E-state index in [1.165, 1.54) is 17.0 Å². The standard InChI is InChI=1S/C20H28FN3O2S/c1-3-17-19(26)24(20(27-17)15-5-7-16(21)8-6-15)14-11-22-9-12-23(13-10-22)18(25)4-2/h5-8,17,20H,3-4,9-14H2,1-2H3/p+1/t17-,20+/m0/s1. The average molecular weight is 395 g/mol. The maximum absolute atomic E-state index is 13.3. The Morgan fingerprint density at radius 1 is 1.22 bits per heavy atom. The summed E-state index contributed by atoms with van der Waals surface area (Å²) in [4.78, 5) is 30.0. The summed E-state index contributed by atoms with van der Waals surface area (Å²) in [5, 5.41) is -0.0560. The second-order valence-corrected chi connectivity index (χ2v) is 8.49. The molecule has 0 bridgehead atoms. The van der Waals surface area contributed by atoms with Gasteiger partial charge in [-0.3, -0.25) is 9.59 Å². The molecule has 0 unspecified atom stereocenters. The molecule has 3 rings (SSSR count). The van der Waals surface area contributed by atoms with Gasteiger partial charge < -0.3 is 14.7 Å². The van der Waals surface area contributed by atoms with E-state index in [0.29, 0.717) is 13.0 Å². The molecule has 5 nitrogen and oxygen atoms in total. The number of carbonyl (C=O) groups is 2. The monoisotopic (exact) mass is 394 g/mol. The highest BCUT2D eigenvalue weighted by Crippen LogP contribution is 2.43. The van der Waals surface area contributed by atoms with Crippen molar-refractivity contribution < 1.29 is 18.9 Å². The van der Waals surface area contributed by atoms with E-state index < -0.39 is 0 Å². The third-order valence-corrected chi connectivity index (χ3v) is 7.14. The van der Waals surface area contributed by atoms with Gasteiger partial charge in [-0.05, 0) is 24.1 Å². The molecule has 0 aromatic heterocycles. The Morgan fingerprint density at radius 2 is 1.89 bits per heavy atom. The first-order chi connectivity index (χ1) is 13.0. The van der Waals surface area contributed by atoms with Gasteiger partial charge >= 0.3 is 0 Å². The van der Waals surface area contributed by atoms with Crippen LogP contribution in [0, 0.1) is 5.82 Å². The number of amides is 2. The van der Waals surface area contributed by atoms with Gasteiger partial charge in [0.25, 0.3) is 0 Å². The average Bonchev–Trinajstić information content (AvgIpc) is 3.02. The predicted octanol–water partition coefficient (Wildman–Crippen LogP) is 1.32. The maximum atomic E-state index is 13.3. The molecule has 2 aliphatic heterocycles. The summed E-state index contributed by atoms with van der Waals surface area (Å²) < 4.78 is 13.3. The van der Waals surface area contributed by atoms with Crippen LogP contribution in [0.25, 0.3) is 0 Å². The van der Waals surface area contributed by atoms with E-state index in [9.17, 15) is 14.0 Å². The van der Waals surface area contributed by atoms with E-state index >= 15 is 0 Å². The lowest BCUT2D eigenvalue weighted by Crippen LogP contribution is -3.15. The van der Waals surface area contributed by atoms with Crippen LogP contribution in [0.15, 0.2) is 24.3 Å². The predicted molar refractivity (Wildman–Crippen MR) is 105 cm³/mol. The van der Waals surface area contributed by atoms with Gasteiger partial charge in [-0.2, -0.15) is 0 Å². The molecular formula is C20H29FN3O2S+. The molecule has 0 aliphatic carbocycles. The lowest BCUT2D eigenvalue weighted by atomic mass is 10.2. The molecule has 2 atom stereocenters. The molecule has 2 fully saturated rings. The van der Waals surface area contributed by atoms with E-state index in [2.05, 4.69) is 0 Å². The normalized spacial score (nSPS) is 23.9. The number of hydrogen-bond acceptors (Lipinski definition) is 3. The van der Waals surface area contributed by atoms with Crippen LogP contribution in [0.3, 0.4) is 0 Å². The third kappa shape index (κ3) is 4.63. The lowest BCUT2D eigenvalue weighted by Gasteiger charge is -2.33. The highest BCUT2D eigenvalue weighted by molar-refractivity contribution is 8.01. The first kappa shape index (κ1) is 20.1. The summed E-state index contributed by atoms with van der Waals surface area (Å²) >= 11 is 1.67. The molecular weight excluding hydrogens is 365 g/mol. The van der Waals surface area contributed by atoms with Gasteiger partial charge in [0.2, 0.25) is 11.8 Å². The van der Waals surface area contributed by atoms with Gasteiger partial charge in [-0.25, -0.2) is 4.39 Å². The van der Waals surface area contributed by atoms with Crippen molar-refractivity contribution >= 4 is 23.6 Å². The van der Waals surface area contributed by atoms with Gasteiger partial charge in [0.05, 0.1) is 44.5 Å². The molecule has 1 aromatic carbocycles. The molecule has 0 saturated carbocycles. The van der Waals surface area contributed by atoms with E-state index in [1.54, 1.807) is 23.9 Å². The Balaban J connectivity index is 1.60. The number of benzene rings is 1. The number of carbonyl (C=O) groups excluding carboxylic acids is 2. The Kier molecular flexibility index (Phi) is 6.76. The van der Waals surface area contributed by atoms with Crippen LogP contribution >= 0.6 is 11.8 Å². The van der Waals surface area contributed by atoms with Crippen LogP contribution in [0.4, 0.5) is 4.39 Å². The van der Waals surface area contributed by atoms with Gasteiger partial charge in [0.1, 0.15) is 11.2 Å². The molecule has 7 heteroatoms. The molecule has 0 radical (unpaired) electrons. The number of piperazine rings is 1. The number of rotatable bonds is 6. The molecule has 2 amide bonds. The van der Waals surface area contributed by atoms with Crippen molar-refractivity contribution in [2.24, 2.45) is 0 Å². The zero-order valence-electron chi connectivity index (χ0n) is 16.1. The van der Waals surface area contributed by atoms with Crippen molar-refractivity contribution in [2.45, 2.75) is 37.3 Å². The molecule has 2 heterocycles. The summed E-state index contributed by atoms with van der Waals surface area (Å²) in [6.45, 7) is 8.97. The lowest BCUT2D eigenvalue weighted by molar-refractivity contribution is -0.903. The van der Waals surface area contributed by atoms with Crippen molar-refractivity contribution in [2.75, 3.05) is 39.3 Å². The fourth-order valence-electron chi connectivity index (χ4n) is 3.80. The van der Waals surface area contributed by atoms with Crippen molar-refractivity contribution in [3.05, 3.63) is 35.6 Å². The van der Waals surface area contributed by atoms with Crippen LogP contribution < -0.4 is 4.90 Å². The maximum Gasteiger partial charge on any atom is 0.237 e. The summed E-state index contributed by atoms with van der Waals surface area (Å²) in [7, 11) is 0. The first-order valence-electron chi connectivity index (χ1n) is 9.86. The highest BCUT2D eigenvalue weighted by Gasteiger charge is 2.40. The quantitative estimate of drug-likeness (QED) is 0.792. The van der Waals surface area contributed by atoms with E-state index in [0.717, 1.165) is 44.7 Å². The minimum atomic E-state index is -0.254. The van der Waals surface area contributed by atoms with E-state index in [-0.39, 0.29) is 28.3 Å². The van der Waals surface area contributed by atoms with Crippen LogP contribution in [-0.4, -0.2) is 66.1 Å². The van der Waals surface area contributed by atoms with Gasteiger partial charge in [0, 0.05) is 6.42 Å². The fourth-order valence-corrected chi connectivity index (χ4v) is 5.22. The summed E-state index contributed by atoms with van der Waals surface area (Å²) in [5.41, 5.74) is 0.985. The molecule has 148 valence electrons. The molecule has 1 aromatic rings. The second kappa shape index (κ2) is 9.06. The van der Waals surface area contributed by atoms with Crippen molar-refractivity contribution in [1.29, 1.82) is 0 Å². The zero-order chi connectivity index (χ0) is 19.4. The number of nitrogens with one attached hydrogen (secondary N) is 1. The molecule has 27 heavy (non-hydrogen) atoms. The number of nitrogens with zero attached hydrogens (tertiary/aromatic N) is 2. The van der Waals surface area contributed by atoms with Gasteiger partial charge in [-0.15, -0.1) is 11.8 Å². The van der Waals surface area contributed by atoms with Crippen LogP contribution in [0.5, 0.6) is 0 Å². The van der Waals surface area contributed by atoms with Crippen molar-refractivity contribution in [1.82, 2.24) is 9.80 Å². The minimum Gasteiger partial charge on any atom is -0.331 e. The molecule has 0 spiro atoms. The van der Waals surface area contributed by atoms with E-state index in [1.807, 2.05) is 23.6 Å². The largest absolute Gasteiger partial charge is 0.331 e. The van der Waals surface area contributed by atoms with Crippen molar-refractivity contribution in [3.63, 3.8) is 0 Å². The number of thioether (sulfide) groups is 1.